The van der Waals surface area contributed by atoms with E-state index in [2.05, 4.69) is 9.80 Å². The molecule has 0 N–H and O–H groups in total. The van der Waals surface area contributed by atoms with Crippen molar-refractivity contribution in [2.24, 2.45) is 0 Å². The molecule has 136 valence electrons. The zero-order valence-corrected chi connectivity index (χ0v) is 16.6. The van der Waals surface area contributed by atoms with E-state index >= 15 is 0 Å². The van der Waals surface area contributed by atoms with Gasteiger partial charge in [0.2, 0.25) is 0 Å². The standard InChI is InChI=1S/C20H22N2O2S2/c1-21(2)10-11-22-14-19(18-9-12-25-20(18)22)26(23,24)17-8-7-15-5-3-4-6-16(15)13-17/h3-9,12-13,19H,10-11,14H2,1-2H3. The molecule has 3 aromatic rings. The summed E-state index contributed by atoms with van der Waals surface area (Å²) in [6.45, 7) is 2.27. The van der Waals surface area contributed by atoms with Crippen LogP contribution >= 0.6 is 11.3 Å². The summed E-state index contributed by atoms with van der Waals surface area (Å²) in [6.07, 6.45) is 0. The average Bonchev–Trinajstić information content (AvgIpc) is 3.22. The van der Waals surface area contributed by atoms with Gasteiger partial charge in [0, 0.05) is 25.2 Å². The Labute approximate surface area is 158 Å². The summed E-state index contributed by atoms with van der Waals surface area (Å²) in [7, 11) is 0.639. The first kappa shape index (κ1) is 17.5. The Bertz CT molecular complexity index is 1040. The number of benzene rings is 2. The molecule has 2 heterocycles. The lowest BCUT2D eigenvalue weighted by Crippen LogP contribution is -2.31. The molecule has 0 saturated carbocycles. The third-order valence-electron chi connectivity index (χ3n) is 4.94. The Morgan fingerprint density at radius 1 is 1.12 bits per heavy atom. The second-order valence-electron chi connectivity index (χ2n) is 6.97. The van der Waals surface area contributed by atoms with Crippen LogP contribution in [0.3, 0.4) is 0 Å². The molecular weight excluding hydrogens is 364 g/mol. The quantitative estimate of drug-likeness (QED) is 0.669. The molecule has 0 spiro atoms. The van der Waals surface area contributed by atoms with Gasteiger partial charge in [0.15, 0.2) is 9.84 Å². The highest BCUT2D eigenvalue weighted by molar-refractivity contribution is 7.91. The van der Waals surface area contributed by atoms with Crippen LogP contribution in [0, 0.1) is 0 Å². The Balaban J connectivity index is 1.69. The first-order chi connectivity index (χ1) is 12.5. The van der Waals surface area contributed by atoms with Gasteiger partial charge in [0.1, 0.15) is 5.25 Å². The lowest BCUT2D eigenvalue weighted by atomic mass is 10.1. The lowest BCUT2D eigenvalue weighted by molar-refractivity contribution is 0.414. The number of hydrogen-bond donors (Lipinski definition) is 0. The summed E-state index contributed by atoms with van der Waals surface area (Å²) in [6, 6.07) is 15.3. The van der Waals surface area contributed by atoms with E-state index in [0.717, 1.165) is 34.4 Å². The van der Waals surface area contributed by atoms with Crippen molar-refractivity contribution >= 4 is 36.9 Å². The van der Waals surface area contributed by atoms with E-state index in [0.29, 0.717) is 11.4 Å². The van der Waals surface area contributed by atoms with Crippen molar-refractivity contribution in [2.45, 2.75) is 10.1 Å². The predicted molar refractivity (Wildman–Crippen MR) is 109 cm³/mol. The summed E-state index contributed by atoms with van der Waals surface area (Å²) in [5.74, 6) is 0. The number of hydrogen-bond acceptors (Lipinski definition) is 5. The molecule has 1 aliphatic heterocycles. The predicted octanol–water partition coefficient (Wildman–Crippen LogP) is 3.80. The minimum absolute atomic E-state index is 0.410. The molecule has 1 atom stereocenters. The number of thiophene rings is 1. The van der Waals surface area contributed by atoms with Crippen LogP contribution < -0.4 is 4.90 Å². The summed E-state index contributed by atoms with van der Waals surface area (Å²) >= 11 is 1.63. The molecule has 0 saturated heterocycles. The number of nitrogens with zero attached hydrogens (tertiary/aromatic N) is 2. The molecule has 0 fully saturated rings. The fraction of sp³-hybridized carbons (Fsp3) is 0.300. The Kier molecular flexibility index (Phi) is 4.50. The number of likely N-dealkylation sites (N-methyl/N-ethyl adjacent to an activating group) is 1. The van der Waals surface area contributed by atoms with Gasteiger partial charge >= 0.3 is 0 Å². The minimum atomic E-state index is -3.43. The maximum atomic E-state index is 13.4. The normalized spacial score (nSPS) is 17.2. The molecule has 4 nitrogen and oxygen atoms in total. The van der Waals surface area contributed by atoms with Crippen LogP contribution in [0.5, 0.6) is 0 Å². The Hall–Kier alpha value is -1.89. The van der Waals surface area contributed by atoms with Crippen molar-refractivity contribution in [3.05, 3.63) is 59.5 Å². The smallest absolute Gasteiger partial charge is 0.187 e. The molecule has 0 amide bonds. The van der Waals surface area contributed by atoms with Gasteiger partial charge in [-0.25, -0.2) is 8.42 Å². The average molecular weight is 387 g/mol. The number of sulfone groups is 1. The van der Waals surface area contributed by atoms with E-state index in [4.69, 9.17) is 0 Å². The Morgan fingerprint density at radius 3 is 2.65 bits per heavy atom. The van der Waals surface area contributed by atoms with Crippen LogP contribution in [-0.4, -0.2) is 47.0 Å². The van der Waals surface area contributed by atoms with Crippen molar-refractivity contribution < 1.29 is 8.42 Å². The SMILES string of the molecule is CN(C)CCN1CC(S(=O)(=O)c2ccc3ccccc3c2)c2ccsc21. The van der Waals surface area contributed by atoms with Crippen LogP contribution in [0.4, 0.5) is 5.00 Å². The van der Waals surface area contributed by atoms with Crippen LogP contribution in [0.25, 0.3) is 10.8 Å². The maximum Gasteiger partial charge on any atom is 0.187 e. The van der Waals surface area contributed by atoms with Gasteiger partial charge in [-0.05, 0) is 48.4 Å². The van der Waals surface area contributed by atoms with Crippen LogP contribution in [0.1, 0.15) is 10.8 Å². The molecule has 6 heteroatoms. The van der Waals surface area contributed by atoms with E-state index < -0.39 is 15.1 Å². The van der Waals surface area contributed by atoms with E-state index in [9.17, 15) is 8.42 Å². The summed E-state index contributed by atoms with van der Waals surface area (Å²) < 4.78 is 26.8. The summed E-state index contributed by atoms with van der Waals surface area (Å²) in [5, 5.41) is 4.62. The van der Waals surface area contributed by atoms with Gasteiger partial charge in [-0.2, -0.15) is 0 Å². The van der Waals surface area contributed by atoms with Gasteiger partial charge in [-0.1, -0.05) is 30.3 Å². The Morgan fingerprint density at radius 2 is 1.88 bits per heavy atom. The van der Waals surface area contributed by atoms with Gasteiger partial charge in [0.05, 0.1) is 9.90 Å². The van der Waals surface area contributed by atoms with Crippen molar-refractivity contribution in [3.8, 4) is 0 Å². The highest BCUT2D eigenvalue weighted by Crippen LogP contribution is 2.45. The molecule has 1 unspecified atom stereocenters. The van der Waals surface area contributed by atoms with E-state index in [1.165, 1.54) is 0 Å². The lowest BCUT2D eigenvalue weighted by Gasteiger charge is -2.21. The molecule has 0 radical (unpaired) electrons. The van der Waals surface area contributed by atoms with Crippen LogP contribution in [0.15, 0.2) is 58.8 Å². The van der Waals surface area contributed by atoms with Crippen molar-refractivity contribution in [1.29, 1.82) is 0 Å². The third-order valence-corrected chi connectivity index (χ3v) is 7.99. The minimum Gasteiger partial charge on any atom is -0.360 e. The highest BCUT2D eigenvalue weighted by Gasteiger charge is 2.39. The molecule has 26 heavy (non-hydrogen) atoms. The number of anilines is 1. The molecule has 2 aromatic carbocycles. The number of rotatable bonds is 5. The van der Waals surface area contributed by atoms with E-state index in [-0.39, 0.29) is 0 Å². The van der Waals surface area contributed by atoms with Gasteiger partial charge in [-0.15, -0.1) is 11.3 Å². The first-order valence-corrected chi connectivity index (χ1v) is 11.1. The first-order valence-electron chi connectivity index (χ1n) is 8.66. The zero-order chi connectivity index (χ0) is 18.3. The highest BCUT2D eigenvalue weighted by atomic mass is 32.2. The van der Waals surface area contributed by atoms with Gasteiger partial charge in [0.25, 0.3) is 0 Å². The molecule has 1 aromatic heterocycles. The third kappa shape index (κ3) is 3.02. The van der Waals surface area contributed by atoms with Gasteiger partial charge < -0.3 is 9.80 Å². The van der Waals surface area contributed by atoms with Crippen molar-refractivity contribution in [3.63, 3.8) is 0 Å². The van der Waals surface area contributed by atoms with Crippen LogP contribution in [0.2, 0.25) is 0 Å². The molecule has 0 bridgehead atoms. The van der Waals surface area contributed by atoms with E-state index in [1.54, 1.807) is 23.5 Å². The largest absolute Gasteiger partial charge is 0.360 e. The molecule has 1 aliphatic rings. The topological polar surface area (TPSA) is 40.6 Å². The van der Waals surface area contributed by atoms with E-state index in [1.807, 2.05) is 55.9 Å². The zero-order valence-electron chi connectivity index (χ0n) is 14.9. The fourth-order valence-corrected chi connectivity index (χ4v) is 6.34. The summed E-state index contributed by atoms with van der Waals surface area (Å²) in [4.78, 5) is 4.75. The van der Waals surface area contributed by atoms with Crippen molar-refractivity contribution in [1.82, 2.24) is 4.90 Å². The molecular formula is C20H22N2O2S2. The van der Waals surface area contributed by atoms with Crippen molar-refractivity contribution in [2.75, 3.05) is 38.6 Å². The monoisotopic (exact) mass is 386 g/mol. The molecule has 4 rings (SSSR count). The second-order valence-corrected chi connectivity index (χ2v) is 10.00. The number of fused-ring (bicyclic) bond motifs is 2. The second kappa shape index (κ2) is 6.68. The maximum absolute atomic E-state index is 13.4. The molecule has 0 aliphatic carbocycles. The van der Waals surface area contributed by atoms with Gasteiger partial charge in [-0.3, -0.25) is 0 Å². The summed E-state index contributed by atoms with van der Waals surface area (Å²) in [5.41, 5.74) is 0.946. The van der Waals surface area contributed by atoms with Crippen LogP contribution in [-0.2, 0) is 9.84 Å². The fourth-order valence-electron chi connectivity index (χ4n) is 3.48.